The van der Waals surface area contributed by atoms with E-state index in [1.165, 1.54) is 6.33 Å². The van der Waals surface area contributed by atoms with E-state index < -0.39 is 12.7 Å². The normalized spacial score (nSPS) is 15.9. The van der Waals surface area contributed by atoms with Crippen molar-refractivity contribution in [2.24, 2.45) is 0 Å². The average molecular weight is 464 g/mol. The molecule has 0 atom stereocenters. The fourth-order valence-electron chi connectivity index (χ4n) is 4.03. The highest BCUT2D eigenvalue weighted by Crippen LogP contribution is 2.31. The van der Waals surface area contributed by atoms with E-state index in [0.29, 0.717) is 36.9 Å². The smallest absolute Gasteiger partial charge is 0.383 e. The third-order valence-electron chi connectivity index (χ3n) is 5.76. The van der Waals surface area contributed by atoms with E-state index in [1.807, 2.05) is 11.9 Å². The Morgan fingerprint density at radius 1 is 1.15 bits per heavy atom. The van der Waals surface area contributed by atoms with Crippen molar-refractivity contribution in [1.82, 2.24) is 34.4 Å². The van der Waals surface area contributed by atoms with Gasteiger partial charge in [0.05, 0.1) is 18.6 Å². The Hall–Kier alpha value is -2.86. The molecule has 0 saturated carbocycles. The largest absolute Gasteiger partial charge is 0.406 e. The molecule has 33 heavy (non-hydrogen) atoms. The first kappa shape index (κ1) is 23.3. The molecular formula is C21H27F3N8O. The summed E-state index contributed by atoms with van der Waals surface area (Å²) < 4.78 is 45.5. The van der Waals surface area contributed by atoms with Crippen LogP contribution in [0.15, 0.2) is 24.9 Å². The zero-order valence-corrected chi connectivity index (χ0v) is 18.7. The third-order valence-corrected chi connectivity index (χ3v) is 5.76. The first-order chi connectivity index (χ1) is 15.8. The molecule has 1 fully saturated rings. The summed E-state index contributed by atoms with van der Waals surface area (Å²) in [5.41, 5.74) is 1.48. The van der Waals surface area contributed by atoms with Gasteiger partial charge in [0.15, 0.2) is 17.0 Å². The highest BCUT2D eigenvalue weighted by molar-refractivity contribution is 5.83. The number of likely N-dealkylation sites (N-methyl/N-ethyl adjacent to an activating group) is 1. The second-order valence-corrected chi connectivity index (χ2v) is 8.23. The Labute approximate surface area is 189 Å². The standard InChI is InChI=1S/C21H27F3N8O/c1-30(9-10-33-2)19-17-20(32(14-27-17)13-21(22,23)24)29-18(28-19)15-3-7-31(8-4-15)12-16-11-25-5-6-26-16/h5-6,11,14-15H,3-4,7-10,12-13H2,1-2H3. The minimum atomic E-state index is -4.37. The van der Waals surface area contributed by atoms with Gasteiger partial charge in [0.25, 0.3) is 0 Å². The molecule has 0 bridgehead atoms. The zero-order valence-electron chi connectivity index (χ0n) is 18.7. The van der Waals surface area contributed by atoms with Crippen molar-refractivity contribution in [3.63, 3.8) is 0 Å². The number of methoxy groups -OCH3 is 1. The van der Waals surface area contributed by atoms with Crippen LogP contribution in [0.5, 0.6) is 0 Å². The Morgan fingerprint density at radius 3 is 2.61 bits per heavy atom. The Kier molecular flexibility index (Phi) is 7.03. The molecule has 4 heterocycles. The van der Waals surface area contributed by atoms with Gasteiger partial charge in [0, 0.05) is 51.8 Å². The monoisotopic (exact) mass is 464 g/mol. The van der Waals surface area contributed by atoms with Crippen LogP contribution < -0.4 is 4.90 Å². The SMILES string of the molecule is COCCN(C)c1nc(C2CCN(Cc3cnccn3)CC2)nc2c1ncn2CC(F)(F)F. The number of ether oxygens (including phenoxy) is 1. The molecule has 12 heteroatoms. The summed E-state index contributed by atoms with van der Waals surface area (Å²) in [5, 5.41) is 0. The second-order valence-electron chi connectivity index (χ2n) is 8.23. The van der Waals surface area contributed by atoms with E-state index in [9.17, 15) is 13.2 Å². The van der Waals surface area contributed by atoms with E-state index in [2.05, 4.69) is 24.8 Å². The lowest BCUT2D eigenvalue weighted by atomic mass is 9.95. The van der Waals surface area contributed by atoms with Gasteiger partial charge in [-0.25, -0.2) is 15.0 Å². The highest BCUT2D eigenvalue weighted by atomic mass is 19.4. The fourth-order valence-corrected chi connectivity index (χ4v) is 4.03. The van der Waals surface area contributed by atoms with Crippen molar-refractivity contribution in [2.75, 3.05) is 45.3 Å². The number of hydrogen-bond acceptors (Lipinski definition) is 8. The molecule has 3 aromatic rings. The number of nitrogens with zero attached hydrogens (tertiary/aromatic N) is 8. The van der Waals surface area contributed by atoms with Crippen LogP contribution in [0.3, 0.4) is 0 Å². The van der Waals surface area contributed by atoms with Crippen LogP contribution in [0.1, 0.15) is 30.3 Å². The quantitative estimate of drug-likeness (QED) is 0.503. The fraction of sp³-hybridized carbons (Fsp3) is 0.571. The van der Waals surface area contributed by atoms with Gasteiger partial charge in [-0.3, -0.25) is 14.9 Å². The van der Waals surface area contributed by atoms with Crippen LogP contribution in [0.4, 0.5) is 19.0 Å². The maximum absolute atomic E-state index is 13.1. The summed E-state index contributed by atoms with van der Waals surface area (Å²) in [5.74, 6) is 1.14. The number of halogens is 3. The molecule has 0 radical (unpaired) electrons. The molecule has 0 aromatic carbocycles. The molecule has 0 aliphatic carbocycles. The molecule has 0 N–H and O–H groups in total. The van der Waals surface area contributed by atoms with Crippen molar-refractivity contribution >= 4 is 17.0 Å². The summed E-state index contributed by atoms with van der Waals surface area (Å²) >= 11 is 0. The molecule has 9 nitrogen and oxygen atoms in total. The molecule has 1 saturated heterocycles. The van der Waals surface area contributed by atoms with Gasteiger partial charge in [-0.05, 0) is 25.9 Å². The summed E-state index contributed by atoms with van der Waals surface area (Å²) in [6.07, 6.45) is 3.51. The average Bonchev–Trinajstić information content (AvgIpc) is 3.19. The molecule has 0 amide bonds. The number of piperidine rings is 1. The van der Waals surface area contributed by atoms with Gasteiger partial charge in [-0.15, -0.1) is 0 Å². The number of fused-ring (bicyclic) bond motifs is 1. The number of hydrogen-bond donors (Lipinski definition) is 0. The van der Waals surface area contributed by atoms with Crippen LogP contribution in [-0.4, -0.2) is 81.0 Å². The molecule has 0 unspecified atom stereocenters. The number of anilines is 1. The summed E-state index contributed by atoms with van der Waals surface area (Å²) in [6.45, 7) is 2.20. The lowest BCUT2D eigenvalue weighted by Crippen LogP contribution is -2.33. The van der Waals surface area contributed by atoms with Gasteiger partial charge < -0.3 is 14.2 Å². The maximum atomic E-state index is 13.1. The molecule has 3 aromatic heterocycles. The minimum Gasteiger partial charge on any atom is -0.383 e. The first-order valence-electron chi connectivity index (χ1n) is 10.8. The lowest BCUT2D eigenvalue weighted by molar-refractivity contribution is -0.140. The number of rotatable bonds is 8. The topological polar surface area (TPSA) is 85.1 Å². The van der Waals surface area contributed by atoms with Gasteiger partial charge in [-0.1, -0.05) is 0 Å². The minimum absolute atomic E-state index is 0.0521. The Morgan fingerprint density at radius 2 is 1.94 bits per heavy atom. The van der Waals surface area contributed by atoms with Gasteiger partial charge in [-0.2, -0.15) is 13.2 Å². The Bertz CT molecular complexity index is 1050. The number of imidazole rings is 1. The highest BCUT2D eigenvalue weighted by Gasteiger charge is 2.31. The number of aromatic nitrogens is 6. The predicted octanol–water partition coefficient (Wildman–Crippen LogP) is 2.64. The molecule has 1 aliphatic rings. The second kappa shape index (κ2) is 9.96. The van der Waals surface area contributed by atoms with Crippen molar-refractivity contribution in [2.45, 2.75) is 38.0 Å². The maximum Gasteiger partial charge on any atom is 0.406 e. The summed E-state index contributed by atoms with van der Waals surface area (Å²) in [4.78, 5) is 26.1. The summed E-state index contributed by atoms with van der Waals surface area (Å²) in [6, 6.07) is 0. The van der Waals surface area contributed by atoms with Crippen molar-refractivity contribution in [1.29, 1.82) is 0 Å². The van der Waals surface area contributed by atoms with Gasteiger partial charge in [0.2, 0.25) is 0 Å². The van der Waals surface area contributed by atoms with E-state index in [1.54, 1.807) is 25.7 Å². The third kappa shape index (κ3) is 5.74. The first-order valence-corrected chi connectivity index (χ1v) is 10.8. The van der Waals surface area contributed by atoms with Crippen LogP contribution in [0.25, 0.3) is 11.2 Å². The van der Waals surface area contributed by atoms with Crippen LogP contribution in [0.2, 0.25) is 0 Å². The van der Waals surface area contributed by atoms with Crippen molar-refractivity contribution < 1.29 is 17.9 Å². The van der Waals surface area contributed by atoms with Crippen LogP contribution in [-0.2, 0) is 17.8 Å². The van der Waals surface area contributed by atoms with E-state index in [-0.39, 0.29) is 11.6 Å². The van der Waals surface area contributed by atoms with E-state index in [0.717, 1.165) is 36.2 Å². The number of likely N-dealkylation sites (tertiary alicyclic amines) is 1. The van der Waals surface area contributed by atoms with Crippen molar-refractivity contribution in [3.8, 4) is 0 Å². The Balaban J connectivity index is 1.58. The van der Waals surface area contributed by atoms with E-state index >= 15 is 0 Å². The van der Waals surface area contributed by atoms with Crippen molar-refractivity contribution in [3.05, 3.63) is 36.4 Å². The zero-order chi connectivity index (χ0) is 23.4. The number of alkyl halides is 3. The van der Waals surface area contributed by atoms with E-state index in [4.69, 9.17) is 9.72 Å². The molecule has 1 aliphatic heterocycles. The summed E-state index contributed by atoms with van der Waals surface area (Å²) in [7, 11) is 3.43. The van der Waals surface area contributed by atoms with Crippen LogP contribution in [0, 0.1) is 0 Å². The molecule has 178 valence electrons. The lowest BCUT2D eigenvalue weighted by Gasteiger charge is -2.31. The van der Waals surface area contributed by atoms with Gasteiger partial charge in [0.1, 0.15) is 12.4 Å². The predicted molar refractivity (Wildman–Crippen MR) is 116 cm³/mol. The van der Waals surface area contributed by atoms with Gasteiger partial charge >= 0.3 is 6.18 Å². The molecule has 0 spiro atoms. The molecule has 4 rings (SSSR count). The van der Waals surface area contributed by atoms with Crippen LogP contribution >= 0.6 is 0 Å². The molecular weight excluding hydrogens is 437 g/mol.